The topological polar surface area (TPSA) is 53.5 Å². The summed E-state index contributed by atoms with van der Waals surface area (Å²) in [7, 11) is 4.29. The van der Waals surface area contributed by atoms with Gasteiger partial charge < -0.3 is 19.9 Å². The molecule has 1 saturated heterocycles. The highest BCUT2D eigenvalue weighted by atomic mass is 16.5. The minimum Gasteiger partial charge on any atom is -0.381 e. The summed E-state index contributed by atoms with van der Waals surface area (Å²) in [6, 6.07) is 10.4. The predicted molar refractivity (Wildman–Crippen MR) is 104 cm³/mol. The van der Waals surface area contributed by atoms with Crippen LogP contribution in [0.1, 0.15) is 18.5 Å². The van der Waals surface area contributed by atoms with Crippen molar-refractivity contribution in [3.63, 3.8) is 0 Å². The number of nitrogens with zero attached hydrogens (tertiary/aromatic N) is 4. The average Bonchev–Trinajstić information content (AvgIpc) is 3.11. The molecule has 0 atom stereocenters. The lowest BCUT2D eigenvalue weighted by Gasteiger charge is -2.42. The molecule has 2 aromatic rings. The first kappa shape index (κ1) is 17.2. The van der Waals surface area contributed by atoms with E-state index in [1.807, 2.05) is 12.3 Å². The zero-order valence-electron chi connectivity index (χ0n) is 15.6. The summed E-state index contributed by atoms with van der Waals surface area (Å²) in [4.78, 5) is 14.0. The molecule has 2 aliphatic heterocycles. The zero-order chi connectivity index (χ0) is 18.0. The van der Waals surface area contributed by atoms with Crippen LogP contribution >= 0.6 is 0 Å². The maximum atomic E-state index is 5.55. The Kier molecular flexibility index (Phi) is 4.78. The van der Waals surface area contributed by atoms with E-state index in [4.69, 9.17) is 9.72 Å². The molecular formula is C20H27N5O. The van der Waals surface area contributed by atoms with Crippen molar-refractivity contribution in [3.8, 4) is 0 Å². The molecule has 6 nitrogen and oxygen atoms in total. The van der Waals surface area contributed by atoms with Crippen LogP contribution in [0.3, 0.4) is 0 Å². The van der Waals surface area contributed by atoms with Gasteiger partial charge in [-0.2, -0.15) is 0 Å². The van der Waals surface area contributed by atoms with Gasteiger partial charge in [0.2, 0.25) is 5.95 Å². The van der Waals surface area contributed by atoms with E-state index in [9.17, 15) is 0 Å². The normalized spacial score (nSPS) is 18.8. The molecule has 2 aliphatic rings. The molecule has 0 amide bonds. The van der Waals surface area contributed by atoms with Crippen LogP contribution in [0.15, 0.2) is 36.5 Å². The Morgan fingerprint density at radius 3 is 2.69 bits per heavy atom. The van der Waals surface area contributed by atoms with E-state index >= 15 is 0 Å². The Labute approximate surface area is 155 Å². The van der Waals surface area contributed by atoms with Crippen LogP contribution in [-0.2, 0) is 11.2 Å². The number of aromatic nitrogens is 2. The summed E-state index contributed by atoms with van der Waals surface area (Å²) in [5.41, 5.74) is 3.55. The van der Waals surface area contributed by atoms with E-state index in [-0.39, 0.29) is 5.54 Å². The second-order valence-electron chi connectivity index (χ2n) is 7.35. The summed E-state index contributed by atoms with van der Waals surface area (Å²) in [5, 5.41) is 3.48. The first-order valence-corrected chi connectivity index (χ1v) is 9.35. The third-order valence-electron chi connectivity index (χ3n) is 5.72. The fraction of sp³-hybridized carbons (Fsp3) is 0.500. The molecule has 26 heavy (non-hydrogen) atoms. The molecule has 0 radical (unpaired) electrons. The molecule has 0 saturated carbocycles. The average molecular weight is 353 g/mol. The second kappa shape index (κ2) is 7.21. The van der Waals surface area contributed by atoms with Gasteiger partial charge in [0.1, 0.15) is 0 Å². The Morgan fingerprint density at radius 1 is 1.19 bits per heavy atom. The van der Waals surface area contributed by atoms with Crippen molar-refractivity contribution in [1.29, 1.82) is 0 Å². The van der Waals surface area contributed by atoms with Gasteiger partial charge in [-0.1, -0.05) is 18.2 Å². The van der Waals surface area contributed by atoms with Gasteiger partial charge in [0.05, 0.1) is 17.6 Å². The maximum Gasteiger partial charge on any atom is 0.223 e. The van der Waals surface area contributed by atoms with Crippen molar-refractivity contribution in [2.24, 2.45) is 0 Å². The van der Waals surface area contributed by atoms with E-state index in [0.717, 1.165) is 62.9 Å². The Morgan fingerprint density at radius 2 is 1.96 bits per heavy atom. The minimum absolute atomic E-state index is 0.108. The van der Waals surface area contributed by atoms with Crippen molar-refractivity contribution in [3.05, 3.63) is 42.2 Å². The summed E-state index contributed by atoms with van der Waals surface area (Å²) >= 11 is 0. The largest absolute Gasteiger partial charge is 0.381 e. The molecule has 6 heteroatoms. The summed E-state index contributed by atoms with van der Waals surface area (Å²) in [6.45, 7) is 3.43. The molecule has 1 aromatic carbocycles. The fourth-order valence-corrected chi connectivity index (χ4v) is 3.90. The number of rotatable bonds is 5. The van der Waals surface area contributed by atoms with E-state index < -0.39 is 0 Å². The van der Waals surface area contributed by atoms with Gasteiger partial charge in [-0.25, -0.2) is 9.97 Å². The van der Waals surface area contributed by atoms with Crippen LogP contribution in [0.25, 0.3) is 0 Å². The highest BCUT2D eigenvalue weighted by Crippen LogP contribution is 2.33. The molecule has 3 heterocycles. The van der Waals surface area contributed by atoms with E-state index in [0.29, 0.717) is 0 Å². The maximum absolute atomic E-state index is 5.55. The van der Waals surface area contributed by atoms with Crippen molar-refractivity contribution in [1.82, 2.24) is 14.9 Å². The zero-order valence-corrected chi connectivity index (χ0v) is 15.6. The SMILES string of the molecule is CN(C)C1(CNc2ncc3c(n2)CCN3c2ccccc2)CCOCC1. The number of ether oxygens (including phenoxy) is 1. The van der Waals surface area contributed by atoms with Crippen molar-refractivity contribution in [2.45, 2.75) is 24.8 Å². The van der Waals surface area contributed by atoms with Crippen LogP contribution in [0.2, 0.25) is 0 Å². The van der Waals surface area contributed by atoms with Gasteiger partial charge in [-0.05, 0) is 39.1 Å². The van der Waals surface area contributed by atoms with E-state index in [1.165, 1.54) is 5.69 Å². The van der Waals surface area contributed by atoms with Gasteiger partial charge >= 0.3 is 0 Å². The van der Waals surface area contributed by atoms with Crippen LogP contribution in [0, 0.1) is 0 Å². The monoisotopic (exact) mass is 353 g/mol. The Bertz CT molecular complexity index is 743. The number of hydrogen-bond acceptors (Lipinski definition) is 6. The molecule has 1 aromatic heterocycles. The van der Waals surface area contributed by atoms with Crippen LogP contribution < -0.4 is 10.2 Å². The van der Waals surface area contributed by atoms with Gasteiger partial charge in [-0.3, -0.25) is 0 Å². The molecule has 138 valence electrons. The van der Waals surface area contributed by atoms with Gasteiger partial charge in [0.25, 0.3) is 0 Å². The summed E-state index contributed by atoms with van der Waals surface area (Å²) in [5.74, 6) is 0.728. The molecule has 1 fully saturated rings. The van der Waals surface area contributed by atoms with Crippen LogP contribution in [0.4, 0.5) is 17.3 Å². The lowest BCUT2D eigenvalue weighted by Crippen LogP contribution is -2.53. The molecule has 4 rings (SSSR count). The smallest absolute Gasteiger partial charge is 0.223 e. The van der Waals surface area contributed by atoms with Crippen molar-refractivity contribution in [2.75, 3.05) is 50.6 Å². The number of anilines is 3. The van der Waals surface area contributed by atoms with E-state index in [2.05, 4.69) is 58.5 Å². The molecule has 0 aliphatic carbocycles. The summed E-state index contributed by atoms with van der Waals surface area (Å²) < 4.78 is 5.55. The number of benzene rings is 1. The number of likely N-dealkylation sites (N-methyl/N-ethyl adjacent to an activating group) is 1. The molecular weight excluding hydrogens is 326 g/mol. The predicted octanol–water partition coefficient (Wildman–Crippen LogP) is 2.69. The third kappa shape index (κ3) is 3.27. The molecule has 0 unspecified atom stereocenters. The number of nitrogens with one attached hydrogen (secondary N) is 1. The summed E-state index contributed by atoms with van der Waals surface area (Å²) in [6.07, 6.45) is 4.96. The number of hydrogen-bond donors (Lipinski definition) is 1. The third-order valence-corrected chi connectivity index (χ3v) is 5.72. The first-order chi connectivity index (χ1) is 12.7. The quantitative estimate of drug-likeness (QED) is 0.892. The fourth-order valence-electron chi connectivity index (χ4n) is 3.90. The number of para-hydroxylation sites is 1. The van der Waals surface area contributed by atoms with E-state index in [1.54, 1.807) is 0 Å². The Hall–Kier alpha value is -2.18. The lowest BCUT2D eigenvalue weighted by molar-refractivity contribution is -0.000704. The lowest BCUT2D eigenvalue weighted by atomic mass is 9.88. The van der Waals surface area contributed by atoms with Crippen LogP contribution in [-0.4, -0.2) is 60.8 Å². The van der Waals surface area contributed by atoms with Gasteiger partial charge in [0.15, 0.2) is 0 Å². The van der Waals surface area contributed by atoms with Gasteiger partial charge in [0, 0.05) is 44.0 Å². The molecule has 0 spiro atoms. The van der Waals surface area contributed by atoms with Crippen molar-refractivity contribution >= 4 is 17.3 Å². The highest BCUT2D eigenvalue weighted by molar-refractivity contribution is 5.68. The molecule has 1 N–H and O–H groups in total. The second-order valence-corrected chi connectivity index (χ2v) is 7.35. The molecule has 0 bridgehead atoms. The van der Waals surface area contributed by atoms with Crippen molar-refractivity contribution < 1.29 is 4.74 Å². The van der Waals surface area contributed by atoms with Crippen LogP contribution in [0.5, 0.6) is 0 Å². The number of fused-ring (bicyclic) bond motifs is 1. The standard InChI is InChI=1S/C20H27N5O/c1-24(2)20(9-12-26-13-10-20)15-22-19-21-14-18-17(23-19)8-11-25(18)16-6-4-3-5-7-16/h3-7,14H,8-13,15H2,1-2H3,(H,21,22,23). The minimum atomic E-state index is 0.108. The van der Waals surface area contributed by atoms with Gasteiger partial charge in [-0.15, -0.1) is 0 Å². The first-order valence-electron chi connectivity index (χ1n) is 9.35. The highest BCUT2D eigenvalue weighted by Gasteiger charge is 2.35. The Balaban J connectivity index is 1.48.